The summed E-state index contributed by atoms with van der Waals surface area (Å²) >= 11 is 0. The second kappa shape index (κ2) is 7.70. The lowest BCUT2D eigenvalue weighted by Gasteiger charge is -2.22. The first-order valence-corrected chi connectivity index (χ1v) is 7.78. The number of hydrogen-bond acceptors (Lipinski definition) is 3. The minimum Gasteiger partial charge on any atom is -0.346 e. The van der Waals surface area contributed by atoms with Crippen LogP contribution in [0.3, 0.4) is 0 Å². The number of nitro benzene ring substituents is 1. The summed E-state index contributed by atoms with van der Waals surface area (Å²) < 4.78 is 0. The molecule has 2 aromatic carbocycles. The molecule has 0 aliphatic heterocycles. The third-order valence-corrected chi connectivity index (χ3v) is 4.03. The number of nitro groups is 1. The zero-order valence-electron chi connectivity index (χ0n) is 14.1. The Morgan fingerprint density at radius 1 is 1.21 bits per heavy atom. The largest absolute Gasteiger partial charge is 0.346 e. The van der Waals surface area contributed by atoms with Crippen molar-refractivity contribution >= 4 is 11.6 Å². The molecule has 2 rings (SSSR count). The van der Waals surface area contributed by atoms with Crippen LogP contribution < -0.4 is 10.2 Å². The number of quaternary nitrogens is 1. The van der Waals surface area contributed by atoms with Gasteiger partial charge in [0.25, 0.3) is 11.6 Å². The minimum absolute atomic E-state index is 0.0412. The van der Waals surface area contributed by atoms with E-state index in [0.29, 0.717) is 17.7 Å². The molecule has 0 fully saturated rings. The summed E-state index contributed by atoms with van der Waals surface area (Å²) in [6.07, 6.45) is 0. The molecule has 24 heavy (non-hydrogen) atoms. The molecular weight excluding hydrogens is 306 g/mol. The standard InChI is InChI=1S/C18H21N3O3/c1-13-9-10-15(11-16(13)21(23)24)18(22)19-12-17(20(2)3)14-7-5-4-6-8-14/h4-11,17H,12H2,1-3H3,(H,19,22)/p+1/t17-/m0/s1. The van der Waals surface area contributed by atoms with Crippen molar-refractivity contribution in [2.45, 2.75) is 13.0 Å². The Labute approximate surface area is 141 Å². The van der Waals surface area contributed by atoms with Crippen molar-refractivity contribution in [1.82, 2.24) is 5.32 Å². The van der Waals surface area contributed by atoms with Crippen molar-refractivity contribution in [2.24, 2.45) is 0 Å². The SMILES string of the molecule is Cc1ccc(C(=O)NC[C@@H](c2ccccc2)[NH+](C)C)cc1[N+](=O)[O-]. The fourth-order valence-corrected chi connectivity index (χ4v) is 2.58. The highest BCUT2D eigenvalue weighted by atomic mass is 16.6. The first kappa shape index (κ1) is 17.6. The van der Waals surface area contributed by atoms with Crippen LogP contribution in [0.5, 0.6) is 0 Å². The molecular formula is C18H22N3O3+. The van der Waals surface area contributed by atoms with E-state index in [1.54, 1.807) is 19.1 Å². The number of carbonyl (C=O) groups is 1. The summed E-state index contributed by atoms with van der Waals surface area (Å²) in [6, 6.07) is 14.6. The van der Waals surface area contributed by atoms with E-state index >= 15 is 0 Å². The van der Waals surface area contributed by atoms with E-state index < -0.39 is 4.92 Å². The van der Waals surface area contributed by atoms with Gasteiger partial charge in [-0.1, -0.05) is 36.4 Å². The smallest absolute Gasteiger partial charge is 0.273 e. The van der Waals surface area contributed by atoms with Crippen molar-refractivity contribution in [3.05, 3.63) is 75.3 Å². The Morgan fingerprint density at radius 3 is 2.46 bits per heavy atom. The minimum atomic E-state index is -0.469. The van der Waals surface area contributed by atoms with Gasteiger partial charge in [0, 0.05) is 22.8 Å². The molecule has 1 amide bonds. The molecule has 2 N–H and O–H groups in total. The Hall–Kier alpha value is -2.73. The molecule has 0 bridgehead atoms. The Kier molecular flexibility index (Phi) is 5.65. The van der Waals surface area contributed by atoms with E-state index in [1.807, 2.05) is 44.4 Å². The molecule has 0 heterocycles. The Balaban J connectivity index is 2.12. The van der Waals surface area contributed by atoms with Gasteiger partial charge in [-0.25, -0.2) is 0 Å². The molecule has 0 unspecified atom stereocenters. The van der Waals surface area contributed by atoms with Crippen molar-refractivity contribution in [3.8, 4) is 0 Å². The fraction of sp³-hybridized carbons (Fsp3) is 0.278. The fourth-order valence-electron chi connectivity index (χ4n) is 2.58. The average molecular weight is 328 g/mol. The maximum absolute atomic E-state index is 12.3. The van der Waals surface area contributed by atoms with Crippen LogP contribution in [0.4, 0.5) is 5.69 Å². The molecule has 0 saturated carbocycles. The molecule has 2 aromatic rings. The second-order valence-corrected chi connectivity index (χ2v) is 6.01. The number of benzene rings is 2. The normalized spacial score (nSPS) is 12.0. The van der Waals surface area contributed by atoms with E-state index in [4.69, 9.17) is 0 Å². The molecule has 6 heteroatoms. The van der Waals surface area contributed by atoms with Gasteiger partial charge < -0.3 is 10.2 Å². The Bertz CT molecular complexity index is 730. The molecule has 0 aromatic heterocycles. The van der Waals surface area contributed by atoms with Crippen LogP contribution in [0.25, 0.3) is 0 Å². The van der Waals surface area contributed by atoms with Gasteiger partial charge in [-0.2, -0.15) is 0 Å². The zero-order chi connectivity index (χ0) is 17.7. The molecule has 6 nitrogen and oxygen atoms in total. The lowest BCUT2D eigenvalue weighted by molar-refractivity contribution is -0.890. The number of likely N-dealkylation sites (N-methyl/N-ethyl adjacent to an activating group) is 1. The van der Waals surface area contributed by atoms with Crippen LogP contribution in [0.2, 0.25) is 0 Å². The van der Waals surface area contributed by atoms with E-state index in [2.05, 4.69) is 5.32 Å². The third kappa shape index (κ3) is 4.17. The van der Waals surface area contributed by atoms with Gasteiger partial charge in [0.05, 0.1) is 25.6 Å². The third-order valence-electron chi connectivity index (χ3n) is 4.03. The summed E-state index contributed by atoms with van der Waals surface area (Å²) in [6.45, 7) is 2.10. The second-order valence-electron chi connectivity index (χ2n) is 6.01. The van der Waals surface area contributed by atoms with E-state index in [1.165, 1.54) is 11.0 Å². The van der Waals surface area contributed by atoms with Crippen molar-refractivity contribution < 1.29 is 14.6 Å². The van der Waals surface area contributed by atoms with E-state index in [-0.39, 0.29) is 17.6 Å². The molecule has 126 valence electrons. The number of aryl methyl sites for hydroxylation is 1. The molecule has 0 saturated heterocycles. The molecule has 0 aliphatic carbocycles. The molecule has 0 spiro atoms. The van der Waals surface area contributed by atoms with Crippen LogP contribution in [0.15, 0.2) is 48.5 Å². The summed E-state index contributed by atoms with van der Waals surface area (Å²) in [5, 5.41) is 13.9. The molecule has 0 radical (unpaired) electrons. The molecule has 1 atom stereocenters. The summed E-state index contributed by atoms with van der Waals surface area (Å²) in [4.78, 5) is 24.1. The first-order valence-electron chi connectivity index (χ1n) is 7.78. The lowest BCUT2D eigenvalue weighted by atomic mass is 10.1. The van der Waals surface area contributed by atoms with Crippen LogP contribution in [0, 0.1) is 17.0 Å². The first-order chi connectivity index (χ1) is 11.4. The quantitative estimate of drug-likeness (QED) is 0.623. The van der Waals surface area contributed by atoms with Gasteiger partial charge in [0.15, 0.2) is 0 Å². The maximum atomic E-state index is 12.3. The number of nitrogens with zero attached hydrogens (tertiary/aromatic N) is 1. The summed E-state index contributed by atoms with van der Waals surface area (Å²) in [7, 11) is 4.06. The van der Waals surface area contributed by atoms with Gasteiger partial charge in [-0.05, 0) is 13.0 Å². The van der Waals surface area contributed by atoms with Gasteiger partial charge in [0.1, 0.15) is 6.04 Å². The number of nitrogens with one attached hydrogen (secondary N) is 2. The highest BCUT2D eigenvalue weighted by Gasteiger charge is 2.20. The van der Waals surface area contributed by atoms with Crippen LogP contribution in [-0.4, -0.2) is 31.5 Å². The van der Waals surface area contributed by atoms with Crippen molar-refractivity contribution in [2.75, 3.05) is 20.6 Å². The number of hydrogen-bond donors (Lipinski definition) is 2. The van der Waals surface area contributed by atoms with Crippen LogP contribution in [0.1, 0.15) is 27.5 Å². The predicted octanol–water partition coefficient (Wildman–Crippen LogP) is 1.52. The van der Waals surface area contributed by atoms with Gasteiger partial charge in [-0.15, -0.1) is 0 Å². The lowest BCUT2D eigenvalue weighted by Crippen LogP contribution is -3.07. The maximum Gasteiger partial charge on any atom is 0.273 e. The highest BCUT2D eigenvalue weighted by Crippen LogP contribution is 2.19. The summed E-state index contributed by atoms with van der Waals surface area (Å²) in [5.74, 6) is -0.305. The number of amides is 1. The number of carbonyl (C=O) groups excluding carboxylic acids is 1. The van der Waals surface area contributed by atoms with Gasteiger partial charge in [0.2, 0.25) is 0 Å². The predicted molar refractivity (Wildman–Crippen MR) is 92.2 cm³/mol. The van der Waals surface area contributed by atoms with E-state index in [9.17, 15) is 14.9 Å². The van der Waals surface area contributed by atoms with Crippen LogP contribution in [-0.2, 0) is 0 Å². The zero-order valence-corrected chi connectivity index (χ0v) is 14.1. The number of rotatable bonds is 6. The monoisotopic (exact) mass is 328 g/mol. The highest BCUT2D eigenvalue weighted by molar-refractivity contribution is 5.95. The summed E-state index contributed by atoms with van der Waals surface area (Å²) in [5.41, 5.74) is 1.93. The van der Waals surface area contributed by atoms with Crippen LogP contribution >= 0.6 is 0 Å². The molecule has 0 aliphatic rings. The van der Waals surface area contributed by atoms with Gasteiger partial charge >= 0.3 is 0 Å². The van der Waals surface area contributed by atoms with Crippen molar-refractivity contribution in [3.63, 3.8) is 0 Å². The van der Waals surface area contributed by atoms with Gasteiger partial charge in [-0.3, -0.25) is 14.9 Å². The van der Waals surface area contributed by atoms with E-state index in [0.717, 1.165) is 5.56 Å². The van der Waals surface area contributed by atoms with Crippen molar-refractivity contribution in [1.29, 1.82) is 0 Å². The Morgan fingerprint density at radius 2 is 1.88 bits per heavy atom. The topological polar surface area (TPSA) is 76.7 Å². The average Bonchev–Trinajstić information content (AvgIpc) is 2.55.